The van der Waals surface area contributed by atoms with E-state index in [1.807, 2.05) is 10.9 Å². The van der Waals surface area contributed by atoms with Gasteiger partial charge in [0.05, 0.1) is 23.5 Å². The van der Waals surface area contributed by atoms with Crippen molar-refractivity contribution in [2.24, 2.45) is 5.41 Å². The largest absolute Gasteiger partial charge is 0.378 e. The number of aromatic nitrogens is 3. The lowest BCUT2D eigenvalue weighted by Crippen LogP contribution is -2.60. The number of hydrogen-bond acceptors (Lipinski definition) is 4. The molecule has 0 saturated heterocycles. The van der Waals surface area contributed by atoms with Crippen LogP contribution in [0.4, 0.5) is 0 Å². The Morgan fingerprint density at radius 3 is 2.65 bits per heavy atom. The summed E-state index contributed by atoms with van der Waals surface area (Å²) >= 11 is 0. The Labute approximate surface area is 122 Å². The van der Waals surface area contributed by atoms with Gasteiger partial charge in [-0.25, -0.2) is 4.68 Å². The molecule has 5 nitrogen and oxygen atoms in total. The lowest BCUT2D eigenvalue weighted by molar-refractivity contribution is -0.114. The number of ether oxygens (including phenoxy) is 1. The van der Waals surface area contributed by atoms with Gasteiger partial charge in [0.15, 0.2) is 0 Å². The van der Waals surface area contributed by atoms with Crippen LogP contribution in [0.1, 0.15) is 53.7 Å². The highest BCUT2D eigenvalue weighted by Crippen LogP contribution is 2.42. The summed E-state index contributed by atoms with van der Waals surface area (Å²) in [7, 11) is 0. The molecule has 0 spiro atoms. The van der Waals surface area contributed by atoms with Crippen molar-refractivity contribution in [1.82, 2.24) is 20.3 Å². The van der Waals surface area contributed by atoms with E-state index >= 15 is 0 Å². The predicted octanol–water partition coefficient (Wildman–Crippen LogP) is 2.33. The van der Waals surface area contributed by atoms with E-state index in [0.29, 0.717) is 12.1 Å². The molecule has 0 radical (unpaired) electrons. The molecule has 1 heterocycles. The van der Waals surface area contributed by atoms with Gasteiger partial charge in [-0.05, 0) is 34.1 Å². The summed E-state index contributed by atoms with van der Waals surface area (Å²) in [5.74, 6) is 0. The first-order valence-corrected chi connectivity index (χ1v) is 7.52. The Bertz CT molecular complexity index is 447. The molecule has 0 aliphatic heterocycles. The molecule has 0 aromatic carbocycles. The molecule has 1 N–H and O–H groups in total. The quantitative estimate of drug-likeness (QED) is 0.899. The summed E-state index contributed by atoms with van der Waals surface area (Å²) in [4.78, 5) is 0. The van der Waals surface area contributed by atoms with Crippen molar-refractivity contribution >= 4 is 0 Å². The standard InChI is InChI=1S/C15H28N4O/c1-7-20-13-8-12(15(13,5)6)16-9-11-10-19(18-17-11)14(2,3)4/h10,12-13,16H,7-9H2,1-6H3. The van der Waals surface area contributed by atoms with E-state index in [9.17, 15) is 0 Å². The van der Waals surface area contributed by atoms with Crippen LogP contribution < -0.4 is 5.32 Å². The van der Waals surface area contributed by atoms with Gasteiger partial charge >= 0.3 is 0 Å². The molecule has 2 unspecified atom stereocenters. The van der Waals surface area contributed by atoms with Crippen LogP contribution in [-0.4, -0.2) is 33.7 Å². The van der Waals surface area contributed by atoms with Crippen LogP contribution in [0, 0.1) is 5.41 Å². The third-order valence-corrected chi connectivity index (χ3v) is 4.30. The zero-order valence-corrected chi connectivity index (χ0v) is 13.6. The lowest BCUT2D eigenvalue weighted by atomic mass is 9.64. The maximum atomic E-state index is 5.75. The maximum Gasteiger partial charge on any atom is 0.0965 e. The molecular weight excluding hydrogens is 252 g/mol. The van der Waals surface area contributed by atoms with Crippen LogP contribution in [0.15, 0.2) is 6.20 Å². The first kappa shape index (κ1) is 15.4. The molecule has 1 aromatic heterocycles. The van der Waals surface area contributed by atoms with Crippen molar-refractivity contribution in [2.45, 2.75) is 72.2 Å². The van der Waals surface area contributed by atoms with Crippen molar-refractivity contribution in [3.05, 3.63) is 11.9 Å². The molecule has 2 rings (SSSR count). The zero-order chi connectivity index (χ0) is 15.0. The average molecular weight is 280 g/mol. The van der Waals surface area contributed by atoms with Gasteiger partial charge in [0, 0.05) is 24.6 Å². The third kappa shape index (κ3) is 3.04. The molecule has 20 heavy (non-hydrogen) atoms. The second-order valence-electron chi connectivity index (χ2n) is 7.26. The first-order valence-electron chi connectivity index (χ1n) is 7.52. The fourth-order valence-electron chi connectivity index (χ4n) is 2.65. The molecule has 0 bridgehead atoms. The van der Waals surface area contributed by atoms with E-state index in [4.69, 9.17) is 4.74 Å². The lowest BCUT2D eigenvalue weighted by Gasteiger charge is -2.51. The summed E-state index contributed by atoms with van der Waals surface area (Å²) in [6.45, 7) is 14.5. The van der Waals surface area contributed by atoms with E-state index < -0.39 is 0 Å². The van der Waals surface area contributed by atoms with Crippen molar-refractivity contribution in [3.8, 4) is 0 Å². The molecule has 1 aromatic rings. The minimum absolute atomic E-state index is 0.0128. The Balaban J connectivity index is 1.86. The predicted molar refractivity (Wildman–Crippen MR) is 79.5 cm³/mol. The first-order chi connectivity index (χ1) is 9.25. The molecular formula is C15H28N4O. The Hall–Kier alpha value is -0.940. The van der Waals surface area contributed by atoms with Crippen molar-refractivity contribution in [1.29, 1.82) is 0 Å². The molecule has 114 valence electrons. The van der Waals surface area contributed by atoms with E-state index in [0.717, 1.165) is 25.3 Å². The van der Waals surface area contributed by atoms with Gasteiger partial charge in [0.1, 0.15) is 0 Å². The van der Waals surface area contributed by atoms with Crippen LogP contribution in [-0.2, 0) is 16.8 Å². The van der Waals surface area contributed by atoms with Crippen LogP contribution in [0.3, 0.4) is 0 Å². The van der Waals surface area contributed by atoms with Gasteiger partial charge in [0.2, 0.25) is 0 Å². The minimum Gasteiger partial charge on any atom is -0.378 e. The third-order valence-electron chi connectivity index (χ3n) is 4.30. The van der Waals surface area contributed by atoms with Gasteiger partial charge in [-0.3, -0.25) is 0 Å². The van der Waals surface area contributed by atoms with Gasteiger partial charge in [-0.2, -0.15) is 0 Å². The second kappa shape index (κ2) is 5.45. The van der Waals surface area contributed by atoms with Crippen molar-refractivity contribution in [3.63, 3.8) is 0 Å². The van der Waals surface area contributed by atoms with Crippen LogP contribution in [0.5, 0.6) is 0 Å². The van der Waals surface area contributed by atoms with Crippen molar-refractivity contribution in [2.75, 3.05) is 6.61 Å². The van der Waals surface area contributed by atoms with E-state index in [2.05, 4.69) is 57.2 Å². The minimum atomic E-state index is -0.0128. The monoisotopic (exact) mass is 280 g/mol. The highest BCUT2D eigenvalue weighted by molar-refractivity contribution is 5.04. The summed E-state index contributed by atoms with van der Waals surface area (Å²) in [6, 6.07) is 0.485. The van der Waals surface area contributed by atoms with Gasteiger partial charge in [-0.1, -0.05) is 19.1 Å². The molecule has 1 aliphatic rings. The highest BCUT2D eigenvalue weighted by atomic mass is 16.5. The SMILES string of the molecule is CCOC1CC(NCc2cn(C(C)(C)C)nn2)C1(C)C. The highest BCUT2D eigenvalue weighted by Gasteiger charge is 2.48. The second-order valence-corrected chi connectivity index (χ2v) is 7.26. The zero-order valence-electron chi connectivity index (χ0n) is 13.6. The molecule has 1 fully saturated rings. The number of nitrogens with zero attached hydrogens (tertiary/aromatic N) is 3. The molecule has 1 aliphatic carbocycles. The molecule has 1 saturated carbocycles. The van der Waals surface area contributed by atoms with Crippen LogP contribution >= 0.6 is 0 Å². The number of rotatable bonds is 5. The Morgan fingerprint density at radius 2 is 2.15 bits per heavy atom. The van der Waals surface area contributed by atoms with Crippen LogP contribution in [0.2, 0.25) is 0 Å². The summed E-state index contributed by atoms with van der Waals surface area (Å²) in [5, 5.41) is 12.0. The van der Waals surface area contributed by atoms with Gasteiger partial charge < -0.3 is 10.1 Å². The van der Waals surface area contributed by atoms with E-state index in [1.54, 1.807) is 0 Å². The smallest absolute Gasteiger partial charge is 0.0965 e. The number of nitrogens with one attached hydrogen (secondary N) is 1. The molecule has 0 amide bonds. The fraction of sp³-hybridized carbons (Fsp3) is 0.867. The normalized spacial score (nSPS) is 25.5. The van der Waals surface area contributed by atoms with Gasteiger partial charge in [-0.15, -0.1) is 5.10 Å². The molecule has 2 atom stereocenters. The summed E-state index contributed by atoms with van der Waals surface area (Å²) in [5.41, 5.74) is 1.17. The van der Waals surface area contributed by atoms with E-state index in [1.165, 1.54) is 0 Å². The Kier molecular flexibility index (Phi) is 4.21. The topological polar surface area (TPSA) is 52.0 Å². The van der Waals surface area contributed by atoms with E-state index in [-0.39, 0.29) is 11.0 Å². The maximum absolute atomic E-state index is 5.75. The van der Waals surface area contributed by atoms with Crippen LogP contribution in [0.25, 0.3) is 0 Å². The summed E-state index contributed by atoms with van der Waals surface area (Å²) in [6.07, 6.45) is 3.47. The Morgan fingerprint density at radius 1 is 1.45 bits per heavy atom. The average Bonchev–Trinajstić information content (AvgIpc) is 2.81. The fourth-order valence-corrected chi connectivity index (χ4v) is 2.65. The number of hydrogen-bond donors (Lipinski definition) is 1. The molecule has 5 heteroatoms. The van der Waals surface area contributed by atoms with Crippen molar-refractivity contribution < 1.29 is 4.74 Å². The summed E-state index contributed by atoms with van der Waals surface area (Å²) < 4.78 is 7.67. The van der Waals surface area contributed by atoms with Gasteiger partial charge in [0.25, 0.3) is 0 Å².